The molecule has 0 saturated heterocycles. The molecule has 0 aromatic carbocycles. The molecular weight excluding hydrogens is 378 g/mol. The summed E-state index contributed by atoms with van der Waals surface area (Å²) in [5, 5.41) is 0. The summed E-state index contributed by atoms with van der Waals surface area (Å²) < 4.78 is 0. The van der Waals surface area contributed by atoms with Crippen LogP contribution >= 0.6 is 0 Å². The van der Waals surface area contributed by atoms with Crippen LogP contribution in [0.25, 0.3) is 0 Å². The number of carbonyl (C=O) groups is 1. The van der Waals surface area contributed by atoms with E-state index < -0.39 is 0 Å². The van der Waals surface area contributed by atoms with Gasteiger partial charge in [0.1, 0.15) is 0 Å². The van der Waals surface area contributed by atoms with E-state index in [0.29, 0.717) is 28.8 Å². The average molecular weight is 434 g/mol. The number of carbonyl (C=O) groups excluding carboxylic acids is 1. The van der Waals surface area contributed by atoms with Gasteiger partial charge in [0.05, 0.1) is 0 Å². The maximum absolute atomic E-state index is 13.7. The van der Waals surface area contributed by atoms with Gasteiger partial charge < -0.3 is 4.90 Å². The van der Waals surface area contributed by atoms with Crippen LogP contribution in [0.3, 0.4) is 0 Å². The van der Waals surface area contributed by atoms with E-state index in [1.165, 1.54) is 83.5 Å². The Labute approximate surface area is 195 Å². The quantitative estimate of drug-likeness (QED) is 0.298. The summed E-state index contributed by atoms with van der Waals surface area (Å²) in [5.41, 5.74) is 0.713. The first-order valence-electron chi connectivity index (χ1n) is 13.8. The highest BCUT2D eigenvalue weighted by atomic mass is 16.2. The molecule has 0 bridgehead atoms. The molecular formula is C29H55NO. The van der Waals surface area contributed by atoms with Crippen LogP contribution in [-0.2, 0) is 4.79 Å². The van der Waals surface area contributed by atoms with Crippen molar-refractivity contribution in [3.05, 3.63) is 0 Å². The molecule has 1 amide bonds. The first-order valence-corrected chi connectivity index (χ1v) is 13.8. The van der Waals surface area contributed by atoms with Gasteiger partial charge in [0.2, 0.25) is 5.91 Å². The Morgan fingerprint density at radius 1 is 0.710 bits per heavy atom. The third-order valence-electron chi connectivity index (χ3n) is 8.05. The summed E-state index contributed by atoms with van der Waals surface area (Å²) in [6.45, 7) is 16.8. The monoisotopic (exact) mass is 433 g/mol. The number of hydrogen-bond acceptors (Lipinski definition) is 1. The van der Waals surface area contributed by atoms with Crippen LogP contribution in [0, 0.1) is 22.7 Å². The lowest BCUT2D eigenvalue weighted by atomic mass is 9.67. The summed E-state index contributed by atoms with van der Waals surface area (Å²) in [6, 6.07) is 0.901. The number of nitrogens with zero attached hydrogens (tertiary/aromatic N) is 1. The predicted octanol–water partition coefficient (Wildman–Crippen LogP) is 8.78. The lowest BCUT2D eigenvalue weighted by Crippen LogP contribution is -2.54. The minimum absolute atomic E-state index is 0.356. The van der Waals surface area contributed by atoms with Crippen LogP contribution < -0.4 is 0 Å². The van der Waals surface area contributed by atoms with Crippen molar-refractivity contribution in [2.45, 2.75) is 157 Å². The molecule has 0 heterocycles. The predicted molar refractivity (Wildman–Crippen MR) is 135 cm³/mol. The average Bonchev–Trinajstić information content (AvgIpc) is 2.60. The number of unbranched alkanes of at least 4 members (excludes halogenated alkanes) is 7. The lowest BCUT2D eigenvalue weighted by Gasteiger charge is -2.50. The highest BCUT2D eigenvalue weighted by Crippen LogP contribution is 2.45. The van der Waals surface area contributed by atoms with E-state index in [-0.39, 0.29) is 0 Å². The lowest BCUT2D eigenvalue weighted by molar-refractivity contribution is -0.141. The van der Waals surface area contributed by atoms with Crippen molar-refractivity contribution >= 4 is 5.91 Å². The van der Waals surface area contributed by atoms with Gasteiger partial charge in [-0.15, -0.1) is 0 Å². The Morgan fingerprint density at radius 2 is 1.13 bits per heavy atom. The molecule has 31 heavy (non-hydrogen) atoms. The Kier molecular flexibility index (Phi) is 10.4. The molecule has 2 rings (SSSR count). The van der Waals surface area contributed by atoms with Gasteiger partial charge >= 0.3 is 0 Å². The summed E-state index contributed by atoms with van der Waals surface area (Å²) in [4.78, 5) is 16.1. The minimum Gasteiger partial charge on any atom is -0.337 e. The number of hydrogen-bond donors (Lipinski definition) is 0. The van der Waals surface area contributed by atoms with E-state index in [9.17, 15) is 4.79 Å². The fourth-order valence-corrected chi connectivity index (χ4v) is 7.26. The molecule has 0 N–H and O–H groups in total. The molecule has 2 saturated carbocycles. The molecule has 0 aromatic heterocycles. The van der Waals surface area contributed by atoms with Crippen molar-refractivity contribution < 1.29 is 4.79 Å². The minimum atomic E-state index is 0.356. The fraction of sp³-hybridized carbons (Fsp3) is 0.966. The van der Waals surface area contributed by atoms with Crippen LogP contribution in [0.2, 0.25) is 0 Å². The van der Waals surface area contributed by atoms with Gasteiger partial charge in [-0.05, 0) is 67.6 Å². The molecule has 4 atom stereocenters. The second kappa shape index (κ2) is 12.1. The summed E-state index contributed by atoms with van der Waals surface area (Å²) >= 11 is 0. The molecule has 0 spiro atoms. The zero-order chi connectivity index (χ0) is 23.1. The highest BCUT2D eigenvalue weighted by Gasteiger charge is 2.42. The Balaban J connectivity index is 1.99. The summed E-state index contributed by atoms with van der Waals surface area (Å²) in [5.74, 6) is 1.91. The van der Waals surface area contributed by atoms with E-state index in [0.717, 1.165) is 24.7 Å². The molecule has 2 nitrogen and oxygen atoms in total. The summed E-state index contributed by atoms with van der Waals surface area (Å²) in [7, 11) is 0. The zero-order valence-corrected chi connectivity index (χ0v) is 22.3. The van der Waals surface area contributed by atoms with Crippen molar-refractivity contribution in [1.82, 2.24) is 4.90 Å². The molecule has 2 aliphatic carbocycles. The smallest absolute Gasteiger partial charge is 0.223 e. The van der Waals surface area contributed by atoms with Gasteiger partial charge in [0.25, 0.3) is 0 Å². The SMILES string of the molecule is CCCCCCCCCCC(=O)N([C@@H]1C[C@H](C)CC(C)(C)C1)[C@H]1C[C@@H](C)CC(C)(C)C1. The maximum atomic E-state index is 13.7. The zero-order valence-electron chi connectivity index (χ0n) is 22.3. The van der Waals surface area contributed by atoms with Crippen molar-refractivity contribution in [1.29, 1.82) is 0 Å². The molecule has 0 radical (unpaired) electrons. The number of rotatable bonds is 11. The first kappa shape index (κ1) is 26.7. The van der Waals surface area contributed by atoms with E-state index in [2.05, 4.69) is 53.4 Å². The maximum Gasteiger partial charge on any atom is 0.223 e. The first-order chi connectivity index (χ1) is 14.5. The molecule has 2 aliphatic rings. The third kappa shape index (κ3) is 9.09. The standard InChI is InChI=1S/C29H55NO/c1-8-9-10-11-12-13-14-15-16-27(31)30(25-17-23(2)19-28(4,5)21-25)26-18-24(3)20-29(6,7)22-26/h23-26H,8-22H2,1-7H3/t23-,24+,25+,26-. The largest absolute Gasteiger partial charge is 0.337 e. The topological polar surface area (TPSA) is 20.3 Å². The van der Waals surface area contributed by atoms with Gasteiger partial charge in [-0.2, -0.15) is 0 Å². The van der Waals surface area contributed by atoms with Gasteiger partial charge in [0.15, 0.2) is 0 Å². The summed E-state index contributed by atoms with van der Waals surface area (Å²) in [6.07, 6.45) is 18.6. The van der Waals surface area contributed by atoms with E-state index in [1.54, 1.807) is 0 Å². The Bertz CT molecular complexity index is 505. The van der Waals surface area contributed by atoms with Crippen LogP contribution in [0.5, 0.6) is 0 Å². The normalized spacial score (nSPS) is 30.2. The molecule has 0 unspecified atom stereocenters. The van der Waals surface area contributed by atoms with E-state index in [1.807, 2.05) is 0 Å². The van der Waals surface area contributed by atoms with Crippen molar-refractivity contribution in [3.8, 4) is 0 Å². The van der Waals surface area contributed by atoms with Gasteiger partial charge in [-0.3, -0.25) is 4.79 Å². The van der Waals surface area contributed by atoms with E-state index in [4.69, 9.17) is 0 Å². The van der Waals surface area contributed by atoms with Crippen LogP contribution in [0.4, 0.5) is 0 Å². The number of amides is 1. The van der Waals surface area contributed by atoms with Gasteiger partial charge in [0, 0.05) is 18.5 Å². The van der Waals surface area contributed by atoms with E-state index >= 15 is 0 Å². The molecule has 0 aromatic rings. The second-order valence-corrected chi connectivity index (χ2v) is 13.2. The highest BCUT2D eigenvalue weighted by molar-refractivity contribution is 5.77. The van der Waals surface area contributed by atoms with Crippen LogP contribution in [0.15, 0.2) is 0 Å². The third-order valence-corrected chi connectivity index (χ3v) is 8.05. The van der Waals surface area contributed by atoms with Crippen molar-refractivity contribution in [2.75, 3.05) is 0 Å². The molecule has 182 valence electrons. The van der Waals surface area contributed by atoms with Crippen molar-refractivity contribution in [3.63, 3.8) is 0 Å². The Morgan fingerprint density at radius 3 is 1.55 bits per heavy atom. The van der Waals surface area contributed by atoms with Gasteiger partial charge in [-0.25, -0.2) is 0 Å². The second-order valence-electron chi connectivity index (χ2n) is 13.2. The van der Waals surface area contributed by atoms with Crippen molar-refractivity contribution in [2.24, 2.45) is 22.7 Å². The fourth-order valence-electron chi connectivity index (χ4n) is 7.26. The molecule has 2 fully saturated rings. The van der Waals surface area contributed by atoms with Crippen LogP contribution in [-0.4, -0.2) is 22.9 Å². The molecule has 0 aliphatic heterocycles. The Hall–Kier alpha value is -0.530. The van der Waals surface area contributed by atoms with Gasteiger partial charge in [-0.1, -0.05) is 93.4 Å². The van der Waals surface area contributed by atoms with Crippen LogP contribution in [0.1, 0.15) is 145 Å². The molecule has 2 heteroatoms.